The Hall–Kier alpha value is -0.870. The van der Waals surface area contributed by atoms with E-state index in [1.165, 1.54) is 0 Å². The molecule has 0 bridgehead atoms. The molecule has 3 nitrogen and oxygen atoms in total. The number of aliphatic hydroxyl groups excluding tert-OH is 1. The molecule has 1 amide bonds. The first-order valence-corrected chi connectivity index (χ1v) is 6.50. The summed E-state index contributed by atoms with van der Waals surface area (Å²) in [7, 11) is 0. The number of amides is 1. The van der Waals surface area contributed by atoms with Crippen molar-refractivity contribution < 1.29 is 9.90 Å². The van der Waals surface area contributed by atoms with Gasteiger partial charge in [0.05, 0.1) is 0 Å². The van der Waals surface area contributed by atoms with Crippen molar-refractivity contribution in [2.45, 2.75) is 20.3 Å². The average molecular weight is 298 g/mol. The van der Waals surface area contributed by atoms with Gasteiger partial charge in [0.25, 0.3) is 0 Å². The highest BCUT2D eigenvalue weighted by Gasteiger charge is 2.30. The Labute approximate surface area is 110 Å². The third-order valence-electron chi connectivity index (χ3n) is 3.23. The van der Waals surface area contributed by atoms with Gasteiger partial charge in [0.15, 0.2) is 0 Å². The number of benzene rings is 1. The number of rotatable bonds is 2. The van der Waals surface area contributed by atoms with Crippen LogP contribution in [-0.2, 0) is 4.79 Å². The summed E-state index contributed by atoms with van der Waals surface area (Å²) < 4.78 is 1.06. The number of hydrogen-bond acceptors (Lipinski definition) is 2. The summed E-state index contributed by atoms with van der Waals surface area (Å²) in [5.41, 5.74) is 3.16. The molecule has 0 saturated carbocycles. The zero-order valence-electron chi connectivity index (χ0n) is 10.0. The monoisotopic (exact) mass is 297 g/mol. The number of hydrogen-bond donors (Lipinski definition) is 1. The van der Waals surface area contributed by atoms with Gasteiger partial charge in [0, 0.05) is 35.7 Å². The lowest BCUT2D eigenvalue weighted by molar-refractivity contribution is -0.117. The first kappa shape index (κ1) is 12.6. The fourth-order valence-corrected chi connectivity index (χ4v) is 2.65. The van der Waals surface area contributed by atoms with Crippen LogP contribution in [0.25, 0.3) is 0 Å². The second-order valence-electron chi connectivity index (χ2n) is 4.64. The second kappa shape index (κ2) is 4.78. The summed E-state index contributed by atoms with van der Waals surface area (Å²) in [4.78, 5) is 13.7. The summed E-state index contributed by atoms with van der Waals surface area (Å²) in [5, 5.41) is 9.13. The summed E-state index contributed by atoms with van der Waals surface area (Å²) in [5.74, 6) is 0.180. The maximum atomic E-state index is 11.9. The van der Waals surface area contributed by atoms with Crippen LogP contribution in [0, 0.1) is 19.8 Å². The third kappa shape index (κ3) is 2.38. The summed E-state index contributed by atoms with van der Waals surface area (Å²) in [6, 6.07) is 4.06. The predicted octanol–water partition coefficient (Wildman–Crippen LogP) is 2.41. The number of aliphatic hydroxyl groups is 1. The molecule has 1 aliphatic rings. The van der Waals surface area contributed by atoms with Crippen molar-refractivity contribution in [1.82, 2.24) is 0 Å². The van der Waals surface area contributed by atoms with E-state index < -0.39 is 0 Å². The normalized spacial score (nSPS) is 20.1. The largest absolute Gasteiger partial charge is 0.396 e. The van der Waals surface area contributed by atoms with Crippen LogP contribution in [0.3, 0.4) is 0 Å². The molecule has 0 aliphatic carbocycles. The van der Waals surface area contributed by atoms with E-state index in [1.807, 2.05) is 26.0 Å². The summed E-state index contributed by atoms with van der Waals surface area (Å²) in [6.45, 7) is 4.71. The molecule has 0 radical (unpaired) electrons. The molecule has 1 aliphatic heterocycles. The number of anilines is 1. The van der Waals surface area contributed by atoms with Crippen LogP contribution in [0.4, 0.5) is 5.69 Å². The van der Waals surface area contributed by atoms with E-state index in [0.29, 0.717) is 13.0 Å². The van der Waals surface area contributed by atoms with Crippen molar-refractivity contribution in [3.05, 3.63) is 27.7 Å². The number of aryl methyl sites for hydroxylation is 2. The molecule has 17 heavy (non-hydrogen) atoms. The highest BCUT2D eigenvalue weighted by Crippen LogP contribution is 2.31. The Kier molecular flexibility index (Phi) is 3.54. The fraction of sp³-hybridized carbons (Fsp3) is 0.462. The molecule has 1 atom stereocenters. The molecule has 0 aromatic heterocycles. The summed E-state index contributed by atoms with van der Waals surface area (Å²) >= 11 is 3.49. The van der Waals surface area contributed by atoms with Crippen LogP contribution < -0.4 is 4.90 Å². The maximum Gasteiger partial charge on any atom is 0.227 e. The molecule has 1 unspecified atom stereocenters. The van der Waals surface area contributed by atoms with Crippen molar-refractivity contribution in [3.8, 4) is 0 Å². The zero-order valence-corrected chi connectivity index (χ0v) is 11.6. The molecule has 0 spiro atoms. The van der Waals surface area contributed by atoms with Crippen molar-refractivity contribution >= 4 is 27.5 Å². The third-order valence-corrected chi connectivity index (χ3v) is 4.09. The van der Waals surface area contributed by atoms with Crippen molar-refractivity contribution in [2.75, 3.05) is 18.1 Å². The van der Waals surface area contributed by atoms with Gasteiger partial charge in [-0.3, -0.25) is 4.79 Å². The highest BCUT2D eigenvalue weighted by atomic mass is 79.9. The van der Waals surface area contributed by atoms with Gasteiger partial charge in [-0.25, -0.2) is 0 Å². The van der Waals surface area contributed by atoms with Gasteiger partial charge in [-0.05, 0) is 37.1 Å². The molecule has 2 rings (SSSR count). The molecule has 1 fully saturated rings. The smallest absolute Gasteiger partial charge is 0.227 e. The molecular formula is C13H16BrNO2. The van der Waals surface area contributed by atoms with Gasteiger partial charge in [-0.1, -0.05) is 15.9 Å². The Morgan fingerprint density at radius 1 is 1.41 bits per heavy atom. The first-order chi connectivity index (χ1) is 8.02. The molecule has 92 valence electrons. The average Bonchev–Trinajstić information content (AvgIpc) is 2.65. The maximum absolute atomic E-state index is 11.9. The topological polar surface area (TPSA) is 40.5 Å². The molecule has 1 aromatic carbocycles. The molecule has 1 N–H and O–H groups in total. The van der Waals surface area contributed by atoms with Gasteiger partial charge >= 0.3 is 0 Å². The fourth-order valence-electron chi connectivity index (χ4n) is 2.19. The van der Waals surface area contributed by atoms with Crippen LogP contribution in [0.5, 0.6) is 0 Å². The zero-order chi connectivity index (χ0) is 12.6. The minimum absolute atomic E-state index is 0.0749. The number of carbonyl (C=O) groups is 1. The van der Waals surface area contributed by atoms with Gasteiger partial charge in [-0.15, -0.1) is 0 Å². The van der Waals surface area contributed by atoms with Crippen molar-refractivity contribution in [3.63, 3.8) is 0 Å². The van der Waals surface area contributed by atoms with E-state index in [4.69, 9.17) is 5.11 Å². The van der Waals surface area contributed by atoms with Crippen LogP contribution in [0.2, 0.25) is 0 Å². The van der Waals surface area contributed by atoms with E-state index in [-0.39, 0.29) is 18.4 Å². The SMILES string of the molecule is Cc1cc(N2CC(CO)CC2=O)c(C)cc1Br. The molecule has 1 heterocycles. The second-order valence-corrected chi connectivity index (χ2v) is 5.50. The Morgan fingerprint density at radius 3 is 2.71 bits per heavy atom. The van der Waals surface area contributed by atoms with E-state index in [9.17, 15) is 4.79 Å². The lowest BCUT2D eigenvalue weighted by Crippen LogP contribution is -2.25. The van der Waals surface area contributed by atoms with E-state index in [0.717, 1.165) is 21.3 Å². The summed E-state index contributed by atoms with van der Waals surface area (Å²) in [6.07, 6.45) is 0.449. The van der Waals surface area contributed by atoms with Gasteiger partial charge in [0.2, 0.25) is 5.91 Å². The Bertz CT molecular complexity index is 459. The van der Waals surface area contributed by atoms with Gasteiger partial charge < -0.3 is 10.0 Å². The van der Waals surface area contributed by atoms with E-state index in [1.54, 1.807) is 4.90 Å². The Morgan fingerprint density at radius 2 is 2.12 bits per heavy atom. The van der Waals surface area contributed by atoms with Crippen LogP contribution in [0.1, 0.15) is 17.5 Å². The molecule has 1 saturated heterocycles. The van der Waals surface area contributed by atoms with Gasteiger partial charge in [0.1, 0.15) is 0 Å². The van der Waals surface area contributed by atoms with Crippen molar-refractivity contribution in [2.24, 2.45) is 5.92 Å². The minimum atomic E-state index is 0.0749. The van der Waals surface area contributed by atoms with Crippen molar-refractivity contribution in [1.29, 1.82) is 0 Å². The Balaban J connectivity index is 2.35. The lowest BCUT2D eigenvalue weighted by Gasteiger charge is -2.20. The van der Waals surface area contributed by atoms with E-state index in [2.05, 4.69) is 15.9 Å². The highest BCUT2D eigenvalue weighted by molar-refractivity contribution is 9.10. The van der Waals surface area contributed by atoms with Gasteiger partial charge in [-0.2, -0.15) is 0 Å². The number of nitrogens with zero attached hydrogens (tertiary/aromatic N) is 1. The standard InChI is InChI=1S/C13H16BrNO2/c1-8-4-12(9(2)3-11(8)14)15-6-10(7-16)5-13(15)17/h3-4,10,16H,5-7H2,1-2H3. The van der Waals surface area contributed by atoms with E-state index >= 15 is 0 Å². The number of carbonyl (C=O) groups excluding carboxylic acids is 1. The first-order valence-electron chi connectivity index (χ1n) is 5.71. The quantitative estimate of drug-likeness (QED) is 0.911. The van der Waals surface area contributed by atoms with Crippen LogP contribution in [-0.4, -0.2) is 24.2 Å². The lowest BCUT2D eigenvalue weighted by atomic mass is 10.1. The molecular weight excluding hydrogens is 282 g/mol. The number of halogens is 1. The van der Waals surface area contributed by atoms with Crippen LogP contribution in [0.15, 0.2) is 16.6 Å². The molecule has 1 aromatic rings. The van der Waals surface area contributed by atoms with Crippen LogP contribution >= 0.6 is 15.9 Å². The molecule has 4 heteroatoms. The predicted molar refractivity (Wildman–Crippen MR) is 71.2 cm³/mol. The minimum Gasteiger partial charge on any atom is -0.396 e.